The molecule has 0 aliphatic heterocycles. The van der Waals surface area contributed by atoms with Crippen molar-refractivity contribution in [3.8, 4) is 0 Å². The number of aromatic nitrogens is 1. The van der Waals surface area contributed by atoms with Crippen LogP contribution in [0, 0.1) is 0 Å². The Balaban J connectivity index is 1.93. The van der Waals surface area contributed by atoms with Crippen LogP contribution in [-0.2, 0) is 6.42 Å². The van der Waals surface area contributed by atoms with E-state index in [1.807, 2.05) is 11.4 Å². The molecule has 0 aromatic carbocycles. The van der Waals surface area contributed by atoms with Crippen LogP contribution in [0.5, 0.6) is 0 Å². The Kier molecular flexibility index (Phi) is 4.58. The molecule has 1 N–H and O–H groups in total. The van der Waals surface area contributed by atoms with Gasteiger partial charge in [0, 0.05) is 6.54 Å². The molecule has 2 aromatic rings. The number of halogens is 2. The Morgan fingerprint density at radius 2 is 2.17 bits per heavy atom. The summed E-state index contributed by atoms with van der Waals surface area (Å²) in [6.45, 7) is 0.542. The quantitative estimate of drug-likeness (QED) is 0.879. The van der Waals surface area contributed by atoms with Gasteiger partial charge in [-0.3, -0.25) is 4.79 Å². The average molecular weight is 301 g/mol. The van der Waals surface area contributed by atoms with Gasteiger partial charge in [0.05, 0.1) is 5.02 Å². The van der Waals surface area contributed by atoms with Crippen molar-refractivity contribution in [3.63, 3.8) is 0 Å². The molecule has 6 heteroatoms. The Hall–Kier alpha value is -1.10. The van der Waals surface area contributed by atoms with E-state index in [2.05, 4.69) is 15.7 Å². The fourth-order valence-corrected chi connectivity index (χ4v) is 2.46. The summed E-state index contributed by atoms with van der Waals surface area (Å²) >= 11 is 13.3. The lowest BCUT2D eigenvalue weighted by Gasteiger charge is -2.05. The number of nitrogens with zero attached hydrogens (tertiary/aromatic N) is 1. The number of pyridine rings is 1. The van der Waals surface area contributed by atoms with Crippen molar-refractivity contribution in [1.82, 2.24) is 10.3 Å². The summed E-state index contributed by atoms with van der Waals surface area (Å²) < 4.78 is 0. The second kappa shape index (κ2) is 6.18. The summed E-state index contributed by atoms with van der Waals surface area (Å²) in [6, 6.07) is 5.14. The molecule has 0 saturated heterocycles. The van der Waals surface area contributed by atoms with Gasteiger partial charge in [-0.15, -0.1) is 0 Å². The van der Waals surface area contributed by atoms with E-state index in [0.717, 1.165) is 6.42 Å². The number of carbonyl (C=O) groups excluding carboxylic acids is 1. The summed E-state index contributed by atoms with van der Waals surface area (Å²) in [7, 11) is 0. The highest BCUT2D eigenvalue weighted by Gasteiger charge is 2.12. The van der Waals surface area contributed by atoms with Gasteiger partial charge in [-0.05, 0) is 40.9 Å². The van der Waals surface area contributed by atoms with Gasteiger partial charge < -0.3 is 5.32 Å². The van der Waals surface area contributed by atoms with Gasteiger partial charge in [-0.2, -0.15) is 11.3 Å². The number of carbonyl (C=O) groups is 1. The third-order valence-electron chi connectivity index (χ3n) is 2.31. The molecule has 2 rings (SSSR count). The van der Waals surface area contributed by atoms with E-state index in [9.17, 15) is 4.79 Å². The minimum absolute atomic E-state index is 0.162. The van der Waals surface area contributed by atoms with E-state index < -0.39 is 0 Å². The smallest absolute Gasteiger partial charge is 0.271 e. The molecular formula is C12H10Cl2N2OS. The van der Waals surface area contributed by atoms with Crippen LogP contribution in [-0.4, -0.2) is 17.4 Å². The summed E-state index contributed by atoms with van der Waals surface area (Å²) in [5, 5.41) is 7.37. The van der Waals surface area contributed by atoms with Crippen molar-refractivity contribution in [2.75, 3.05) is 6.54 Å². The third kappa shape index (κ3) is 3.45. The van der Waals surface area contributed by atoms with Crippen LogP contribution in [0.1, 0.15) is 16.1 Å². The van der Waals surface area contributed by atoms with Gasteiger partial charge >= 0.3 is 0 Å². The lowest BCUT2D eigenvalue weighted by Crippen LogP contribution is -2.26. The van der Waals surface area contributed by atoms with Crippen LogP contribution >= 0.6 is 34.5 Å². The molecule has 1 amide bonds. The molecule has 0 spiro atoms. The zero-order valence-electron chi connectivity index (χ0n) is 9.32. The van der Waals surface area contributed by atoms with Crippen LogP contribution in [0.25, 0.3) is 0 Å². The number of thiophene rings is 1. The van der Waals surface area contributed by atoms with Crippen molar-refractivity contribution < 1.29 is 4.79 Å². The van der Waals surface area contributed by atoms with Gasteiger partial charge in [0.15, 0.2) is 0 Å². The first-order chi connectivity index (χ1) is 8.66. The third-order valence-corrected chi connectivity index (χ3v) is 3.55. The summed E-state index contributed by atoms with van der Waals surface area (Å²) in [5.41, 5.74) is 1.36. The molecule has 94 valence electrons. The molecule has 0 aliphatic rings. The Bertz CT molecular complexity index is 543. The van der Waals surface area contributed by atoms with Crippen molar-refractivity contribution in [2.45, 2.75) is 6.42 Å². The molecule has 2 aromatic heterocycles. The first kappa shape index (κ1) is 13.3. The molecule has 0 radical (unpaired) electrons. The summed E-state index contributed by atoms with van der Waals surface area (Å²) in [4.78, 5) is 15.7. The van der Waals surface area contributed by atoms with Crippen LogP contribution in [0.3, 0.4) is 0 Å². The highest BCUT2D eigenvalue weighted by molar-refractivity contribution is 7.07. The lowest BCUT2D eigenvalue weighted by atomic mass is 10.2. The summed E-state index contributed by atoms with van der Waals surface area (Å²) in [6.07, 6.45) is 0.785. The number of nitrogens with one attached hydrogen (secondary N) is 1. The zero-order chi connectivity index (χ0) is 13.0. The fourth-order valence-electron chi connectivity index (χ4n) is 1.42. The molecule has 3 nitrogen and oxygen atoms in total. The first-order valence-electron chi connectivity index (χ1n) is 5.28. The molecule has 18 heavy (non-hydrogen) atoms. The van der Waals surface area contributed by atoms with E-state index in [-0.39, 0.29) is 16.8 Å². The fraction of sp³-hybridized carbons (Fsp3) is 0.167. The van der Waals surface area contributed by atoms with Crippen molar-refractivity contribution in [2.24, 2.45) is 0 Å². The van der Waals surface area contributed by atoms with Crippen molar-refractivity contribution in [3.05, 3.63) is 50.4 Å². The summed E-state index contributed by atoms with van der Waals surface area (Å²) in [5.74, 6) is -0.308. The van der Waals surface area contributed by atoms with E-state index in [4.69, 9.17) is 23.2 Å². The monoisotopic (exact) mass is 300 g/mol. The highest BCUT2D eigenvalue weighted by atomic mass is 35.5. The largest absolute Gasteiger partial charge is 0.350 e. The SMILES string of the molecule is O=C(NCCc1ccsc1)c1nc(Cl)ccc1Cl. The van der Waals surface area contributed by atoms with Gasteiger partial charge in [-0.25, -0.2) is 4.98 Å². The van der Waals surface area contributed by atoms with E-state index in [1.54, 1.807) is 23.5 Å². The molecular weight excluding hydrogens is 291 g/mol. The number of rotatable bonds is 4. The van der Waals surface area contributed by atoms with Gasteiger partial charge in [0.1, 0.15) is 10.8 Å². The Morgan fingerprint density at radius 3 is 2.89 bits per heavy atom. The van der Waals surface area contributed by atoms with Crippen LogP contribution < -0.4 is 5.32 Å². The maximum atomic E-state index is 11.8. The molecule has 2 heterocycles. The molecule has 0 aliphatic carbocycles. The molecule has 0 bridgehead atoms. The molecule has 0 fully saturated rings. The van der Waals surface area contributed by atoms with Crippen molar-refractivity contribution in [1.29, 1.82) is 0 Å². The average Bonchev–Trinajstić information content (AvgIpc) is 2.85. The zero-order valence-corrected chi connectivity index (χ0v) is 11.6. The van der Waals surface area contributed by atoms with E-state index >= 15 is 0 Å². The predicted octanol–water partition coefficient (Wildman–Crippen LogP) is 3.42. The minimum Gasteiger partial charge on any atom is -0.350 e. The maximum absolute atomic E-state index is 11.8. The minimum atomic E-state index is -0.308. The van der Waals surface area contributed by atoms with Gasteiger partial charge in [-0.1, -0.05) is 23.2 Å². The topological polar surface area (TPSA) is 42.0 Å². The molecule has 0 atom stereocenters. The normalized spacial score (nSPS) is 10.3. The van der Waals surface area contributed by atoms with E-state index in [0.29, 0.717) is 11.6 Å². The van der Waals surface area contributed by atoms with Gasteiger partial charge in [0.25, 0.3) is 5.91 Å². The van der Waals surface area contributed by atoms with Crippen LogP contribution in [0.15, 0.2) is 29.0 Å². The lowest BCUT2D eigenvalue weighted by molar-refractivity contribution is 0.0949. The second-order valence-electron chi connectivity index (χ2n) is 3.60. The molecule has 0 saturated carbocycles. The van der Waals surface area contributed by atoms with Crippen LogP contribution in [0.2, 0.25) is 10.2 Å². The molecule has 0 unspecified atom stereocenters. The number of amides is 1. The van der Waals surface area contributed by atoms with E-state index in [1.165, 1.54) is 5.56 Å². The first-order valence-corrected chi connectivity index (χ1v) is 6.98. The second-order valence-corrected chi connectivity index (χ2v) is 5.18. The standard InChI is InChI=1S/C12H10Cl2N2OS/c13-9-1-2-10(14)16-11(9)12(17)15-5-3-8-4-6-18-7-8/h1-2,4,6-7H,3,5H2,(H,15,17). The number of hydrogen-bond donors (Lipinski definition) is 1. The predicted molar refractivity (Wildman–Crippen MR) is 74.6 cm³/mol. The Morgan fingerprint density at radius 1 is 1.33 bits per heavy atom. The van der Waals surface area contributed by atoms with Crippen molar-refractivity contribution >= 4 is 40.4 Å². The van der Waals surface area contributed by atoms with Crippen LogP contribution in [0.4, 0.5) is 0 Å². The highest BCUT2D eigenvalue weighted by Crippen LogP contribution is 2.16. The maximum Gasteiger partial charge on any atom is 0.271 e. The van der Waals surface area contributed by atoms with Gasteiger partial charge in [0.2, 0.25) is 0 Å². The Labute approximate surface area is 119 Å². The number of hydrogen-bond acceptors (Lipinski definition) is 3.